The predicted octanol–water partition coefficient (Wildman–Crippen LogP) is 0.375. The molecule has 0 aromatic carbocycles. The Morgan fingerprint density at radius 2 is 2.46 bits per heavy atom. The van der Waals surface area contributed by atoms with Gasteiger partial charge in [0.15, 0.2) is 5.65 Å². The van der Waals surface area contributed by atoms with Crippen molar-refractivity contribution < 1.29 is 0 Å². The van der Waals surface area contributed by atoms with E-state index in [0.29, 0.717) is 0 Å². The molecule has 1 aliphatic heterocycles. The lowest BCUT2D eigenvalue weighted by Gasteiger charge is -2.15. The van der Waals surface area contributed by atoms with E-state index in [1.807, 2.05) is 10.6 Å². The number of nitrogens with zero attached hydrogens (tertiary/aromatic N) is 3. The van der Waals surface area contributed by atoms with Crippen LogP contribution in [0.15, 0.2) is 18.5 Å². The van der Waals surface area contributed by atoms with Gasteiger partial charge in [-0.05, 0) is 18.5 Å². The minimum atomic E-state index is 0.886. The lowest BCUT2D eigenvalue weighted by atomic mass is 10.1. The fraction of sp³-hybridized carbons (Fsp3) is 0.333. The van der Waals surface area contributed by atoms with Crippen molar-refractivity contribution >= 4 is 5.65 Å². The van der Waals surface area contributed by atoms with Gasteiger partial charge in [-0.2, -0.15) is 5.10 Å². The molecule has 0 radical (unpaired) electrons. The van der Waals surface area contributed by atoms with Crippen LogP contribution in [0.25, 0.3) is 5.65 Å². The second-order valence-corrected chi connectivity index (χ2v) is 3.27. The summed E-state index contributed by atoms with van der Waals surface area (Å²) in [6.07, 6.45) is 4.91. The summed E-state index contributed by atoms with van der Waals surface area (Å²) in [5.74, 6) is 0. The standard InChI is InChI=1S/C9H10N4/c1-3-10-5-8-7(1)6-13-9(12-8)2-4-11-13/h2,4,6,10H,1,3,5H2. The molecular formula is C9H10N4. The van der Waals surface area contributed by atoms with E-state index < -0.39 is 0 Å². The topological polar surface area (TPSA) is 42.2 Å². The average molecular weight is 174 g/mol. The molecule has 0 amide bonds. The van der Waals surface area contributed by atoms with E-state index in [0.717, 1.165) is 25.2 Å². The van der Waals surface area contributed by atoms with Crippen molar-refractivity contribution in [3.8, 4) is 0 Å². The molecule has 0 bridgehead atoms. The summed E-state index contributed by atoms with van der Waals surface area (Å²) in [4.78, 5) is 4.51. The Bertz CT molecular complexity index is 406. The van der Waals surface area contributed by atoms with Gasteiger partial charge in [0.2, 0.25) is 0 Å². The normalized spacial score (nSPS) is 16.0. The highest BCUT2D eigenvalue weighted by atomic mass is 15.2. The summed E-state index contributed by atoms with van der Waals surface area (Å²) in [5.41, 5.74) is 3.41. The van der Waals surface area contributed by atoms with Crippen molar-refractivity contribution in [2.45, 2.75) is 13.0 Å². The molecule has 0 unspecified atom stereocenters. The van der Waals surface area contributed by atoms with Gasteiger partial charge in [-0.1, -0.05) is 0 Å². The first-order valence-electron chi connectivity index (χ1n) is 4.46. The maximum Gasteiger partial charge on any atom is 0.155 e. The second-order valence-electron chi connectivity index (χ2n) is 3.27. The number of aromatic nitrogens is 3. The molecule has 66 valence electrons. The number of fused-ring (bicyclic) bond motifs is 2. The Morgan fingerprint density at radius 3 is 3.46 bits per heavy atom. The van der Waals surface area contributed by atoms with Crippen molar-refractivity contribution in [3.63, 3.8) is 0 Å². The average Bonchev–Trinajstić information content (AvgIpc) is 2.61. The van der Waals surface area contributed by atoms with E-state index in [1.54, 1.807) is 6.20 Å². The summed E-state index contributed by atoms with van der Waals surface area (Å²) in [5, 5.41) is 7.47. The Kier molecular flexibility index (Phi) is 1.37. The molecule has 0 saturated heterocycles. The number of hydrogen-bond acceptors (Lipinski definition) is 3. The number of hydrogen-bond donors (Lipinski definition) is 1. The maximum atomic E-state index is 4.51. The van der Waals surface area contributed by atoms with Crippen molar-refractivity contribution in [2.75, 3.05) is 6.54 Å². The van der Waals surface area contributed by atoms with Crippen LogP contribution in [0.5, 0.6) is 0 Å². The van der Waals surface area contributed by atoms with Crippen LogP contribution in [-0.4, -0.2) is 21.1 Å². The smallest absolute Gasteiger partial charge is 0.155 e. The van der Waals surface area contributed by atoms with Crippen LogP contribution >= 0.6 is 0 Å². The summed E-state index contributed by atoms with van der Waals surface area (Å²) >= 11 is 0. The van der Waals surface area contributed by atoms with E-state index in [1.165, 1.54) is 11.3 Å². The van der Waals surface area contributed by atoms with Crippen molar-refractivity contribution in [1.29, 1.82) is 0 Å². The molecule has 2 aromatic rings. The Morgan fingerprint density at radius 1 is 1.46 bits per heavy atom. The first-order chi connectivity index (χ1) is 6.43. The molecule has 1 N–H and O–H groups in total. The number of rotatable bonds is 0. The molecule has 0 spiro atoms. The van der Waals surface area contributed by atoms with Crippen molar-refractivity contribution in [3.05, 3.63) is 29.7 Å². The van der Waals surface area contributed by atoms with Gasteiger partial charge in [0.05, 0.1) is 11.9 Å². The van der Waals surface area contributed by atoms with Gasteiger partial charge in [0, 0.05) is 18.8 Å². The molecule has 1 aliphatic rings. The highest BCUT2D eigenvalue weighted by molar-refractivity contribution is 5.39. The highest BCUT2D eigenvalue weighted by Crippen LogP contribution is 2.12. The Balaban J connectivity index is 2.28. The second kappa shape index (κ2) is 2.53. The minimum Gasteiger partial charge on any atom is -0.311 e. The van der Waals surface area contributed by atoms with Crippen LogP contribution < -0.4 is 5.32 Å². The molecule has 3 heterocycles. The maximum absolute atomic E-state index is 4.51. The van der Waals surface area contributed by atoms with E-state index in [2.05, 4.69) is 21.6 Å². The third-order valence-electron chi connectivity index (χ3n) is 2.41. The minimum absolute atomic E-state index is 0.886. The lowest BCUT2D eigenvalue weighted by molar-refractivity contribution is 0.622. The lowest BCUT2D eigenvalue weighted by Crippen LogP contribution is -2.25. The predicted molar refractivity (Wildman–Crippen MR) is 48.4 cm³/mol. The first-order valence-corrected chi connectivity index (χ1v) is 4.46. The van der Waals surface area contributed by atoms with Crippen LogP contribution in [0, 0.1) is 0 Å². The molecule has 4 nitrogen and oxygen atoms in total. The molecule has 13 heavy (non-hydrogen) atoms. The van der Waals surface area contributed by atoms with Gasteiger partial charge in [-0.25, -0.2) is 9.50 Å². The zero-order chi connectivity index (χ0) is 8.67. The fourth-order valence-corrected chi connectivity index (χ4v) is 1.72. The summed E-state index contributed by atoms with van der Waals surface area (Å²) in [6.45, 7) is 1.93. The third-order valence-corrected chi connectivity index (χ3v) is 2.41. The summed E-state index contributed by atoms with van der Waals surface area (Å²) in [6, 6.07) is 1.93. The van der Waals surface area contributed by atoms with Crippen LogP contribution in [0.4, 0.5) is 0 Å². The van der Waals surface area contributed by atoms with Crippen LogP contribution in [0.3, 0.4) is 0 Å². The van der Waals surface area contributed by atoms with Crippen molar-refractivity contribution in [1.82, 2.24) is 19.9 Å². The van der Waals surface area contributed by atoms with Crippen LogP contribution in [0.1, 0.15) is 11.3 Å². The van der Waals surface area contributed by atoms with Gasteiger partial charge in [-0.15, -0.1) is 0 Å². The summed E-state index contributed by atoms with van der Waals surface area (Å²) < 4.78 is 1.84. The highest BCUT2D eigenvalue weighted by Gasteiger charge is 2.10. The van der Waals surface area contributed by atoms with Crippen LogP contribution in [-0.2, 0) is 13.0 Å². The van der Waals surface area contributed by atoms with Gasteiger partial charge < -0.3 is 5.32 Å². The van der Waals surface area contributed by atoms with E-state index >= 15 is 0 Å². The van der Waals surface area contributed by atoms with Crippen molar-refractivity contribution in [2.24, 2.45) is 0 Å². The number of nitrogens with one attached hydrogen (secondary N) is 1. The van der Waals surface area contributed by atoms with Gasteiger partial charge in [0.1, 0.15) is 0 Å². The van der Waals surface area contributed by atoms with E-state index in [-0.39, 0.29) is 0 Å². The molecule has 4 heteroatoms. The molecule has 0 fully saturated rings. The Labute approximate surface area is 75.6 Å². The van der Waals surface area contributed by atoms with Gasteiger partial charge in [0.25, 0.3) is 0 Å². The third kappa shape index (κ3) is 1.02. The van der Waals surface area contributed by atoms with Gasteiger partial charge >= 0.3 is 0 Å². The quantitative estimate of drug-likeness (QED) is 0.627. The zero-order valence-corrected chi connectivity index (χ0v) is 7.20. The molecule has 0 atom stereocenters. The monoisotopic (exact) mass is 174 g/mol. The van der Waals surface area contributed by atoms with E-state index in [4.69, 9.17) is 0 Å². The van der Waals surface area contributed by atoms with E-state index in [9.17, 15) is 0 Å². The summed E-state index contributed by atoms with van der Waals surface area (Å²) in [7, 11) is 0. The zero-order valence-electron chi connectivity index (χ0n) is 7.20. The van der Waals surface area contributed by atoms with Crippen LogP contribution in [0.2, 0.25) is 0 Å². The van der Waals surface area contributed by atoms with Gasteiger partial charge in [-0.3, -0.25) is 0 Å². The molecule has 2 aromatic heterocycles. The largest absolute Gasteiger partial charge is 0.311 e. The first kappa shape index (κ1) is 7.03. The molecule has 0 aliphatic carbocycles. The fourth-order valence-electron chi connectivity index (χ4n) is 1.72. The SMILES string of the molecule is c1cc2nc3c(cn2n1)CCNC3. The Hall–Kier alpha value is -1.42. The molecule has 0 saturated carbocycles. The molecule has 3 rings (SSSR count). The molecular weight excluding hydrogens is 164 g/mol.